The maximum absolute atomic E-state index is 11.8. The van der Waals surface area contributed by atoms with Crippen LogP contribution in [0.25, 0.3) is 0 Å². The number of esters is 1. The topological polar surface area (TPSA) is 47.4 Å². The maximum atomic E-state index is 11.8. The third-order valence-corrected chi connectivity index (χ3v) is 4.49. The second kappa shape index (κ2) is 7.20. The van der Waals surface area contributed by atoms with Gasteiger partial charge in [0.05, 0.1) is 22.8 Å². The number of aryl methyl sites for hydroxylation is 1. The molecule has 21 heavy (non-hydrogen) atoms. The van der Waals surface area contributed by atoms with Gasteiger partial charge in [-0.25, -0.2) is 4.79 Å². The fourth-order valence-corrected chi connectivity index (χ4v) is 3.56. The van der Waals surface area contributed by atoms with E-state index in [2.05, 4.69) is 32.0 Å². The van der Waals surface area contributed by atoms with Gasteiger partial charge < -0.3 is 4.74 Å². The van der Waals surface area contributed by atoms with Crippen LogP contribution in [-0.4, -0.2) is 34.3 Å². The molecule has 2 aromatic rings. The molecule has 0 unspecified atom stereocenters. The lowest BCUT2D eigenvalue weighted by molar-refractivity contribution is 0.0525. The monoisotopic (exact) mass is 371 g/mol. The summed E-state index contributed by atoms with van der Waals surface area (Å²) in [5.41, 5.74) is 1.23. The molecule has 2 rings (SSSR count). The summed E-state index contributed by atoms with van der Waals surface area (Å²) in [7, 11) is 2.02. The van der Waals surface area contributed by atoms with Gasteiger partial charge in [-0.3, -0.25) is 9.58 Å². The molecule has 0 aliphatic carbocycles. The summed E-state index contributed by atoms with van der Waals surface area (Å²) >= 11 is 5.18. The van der Waals surface area contributed by atoms with E-state index in [1.54, 1.807) is 29.1 Å². The number of rotatable bonds is 6. The molecule has 7 heteroatoms. The van der Waals surface area contributed by atoms with E-state index in [4.69, 9.17) is 4.74 Å². The lowest BCUT2D eigenvalue weighted by atomic mass is 10.3. The Labute approximate surface area is 136 Å². The first-order valence-corrected chi connectivity index (χ1v) is 8.24. The third kappa shape index (κ3) is 4.39. The van der Waals surface area contributed by atoms with Gasteiger partial charge in [-0.2, -0.15) is 5.10 Å². The van der Waals surface area contributed by atoms with Crippen LogP contribution in [0, 0.1) is 6.92 Å². The van der Waals surface area contributed by atoms with Crippen molar-refractivity contribution >= 4 is 33.2 Å². The van der Waals surface area contributed by atoms with Crippen molar-refractivity contribution in [1.29, 1.82) is 0 Å². The molecule has 0 bridgehead atoms. The van der Waals surface area contributed by atoms with E-state index in [0.717, 1.165) is 10.3 Å². The van der Waals surface area contributed by atoms with Gasteiger partial charge in [-0.15, -0.1) is 11.3 Å². The summed E-state index contributed by atoms with van der Waals surface area (Å²) in [6.45, 7) is 5.44. The number of aromatic nitrogens is 2. The molecule has 0 atom stereocenters. The first-order valence-electron chi connectivity index (χ1n) is 6.63. The largest absolute Gasteiger partial charge is 0.462 e. The molecule has 0 saturated carbocycles. The standard InChI is InChI=1S/C14H18BrN3O2S/c1-4-20-14(19)12-8-18(16-10(12)2)9-17(3)7-11-5-6-13(15)21-11/h5-6,8H,4,7,9H2,1-3H3. The van der Waals surface area contributed by atoms with E-state index in [1.807, 2.05) is 20.0 Å². The summed E-state index contributed by atoms with van der Waals surface area (Å²) in [5.74, 6) is -0.314. The fraction of sp³-hybridized carbons (Fsp3) is 0.429. The van der Waals surface area contributed by atoms with Gasteiger partial charge in [0.1, 0.15) is 5.56 Å². The highest BCUT2D eigenvalue weighted by atomic mass is 79.9. The molecule has 0 aromatic carbocycles. The van der Waals surface area contributed by atoms with Crippen molar-refractivity contribution in [3.05, 3.63) is 38.3 Å². The van der Waals surface area contributed by atoms with E-state index < -0.39 is 0 Å². The lowest BCUT2D eigenvalue weighted by Crippen LogP contribution is -2.21. The highest BCUT2D eigenvalue weighted by molar-refractivity contribution is 9.11. The molecular weight excluding hydrogens is 354 g/mol. The fourth-order valence-electron chi connectivity index (χ4n) is 2.00. The zero-order valence-corrected chi connectivity index (χ0v) is 14.7. The van der Waals surface area contributed by atoms with Gasteiger partial charge in [0.25, 0.3) is 0 Å². The van der Waals surface area contributed by atoms with Crippen molar-refractivity contribution in [2.45, 2.75) is 27.1 Å². The molecule has 0 fully saturated rings. The first kappa shape index (κ1) is 16.2. The number of carbonyl (C=O) groups is 1. The lowest BCUT2D eigenvalue weighted by Gasteiger charge is -2.15. The van der Waals surface area contributed by atoms with Crippen LogP contribution < -0.4 is 0 Å². The Bertz CT molecular complexity index is 624. The zero-order valence-electron chi connectivity index (χ0n) is 12.3. The maximum Gasteiger partial charge on any atom is 0.341 e. The van der Waals surface area contributed by atoms with Crippen molar-refractivity contribution < 1.29 is 9.53 Å². The van der Waals surface area contributed by atoms with Gasteiger partial charge in [0.15, 0.2) is 0 Å². The Balaban J connectivity index is 1.99. The molecule has 0 saturated heterocycles. The summed E-state index contributed by atoms with van der Waals surface area (Å²) < 4.78 is 7.91. The number of hydrogen-bond donors (Lipinski definition) is 0. The minimum absolute atomic E-state index is 0.314. The smallest absolute Gasteiger partial charge is 0.341 e. The molecule has 5 nitrogen and oxygen atoms in total. The molecule has 2 aromatic heterocycles. The number of thiophene rings is 1. The Kier molecular flexibility index (Phi) is 5.55. The van der Waals surface area contributed by atoms with Crippen LogP contribution >= 0.6 is 27.3 Å². The number of hydrogen-bond acceptors (Lipinski definition) is 5. The minimum Gasteiger partial charge on any atom is -0.462 e. The molecular formula is C14H18BrN3O2S. The number of ether oxygens (including phenoxy) is 1. The third-order valence-electron chi connectivity index (χ3n) is 2.88. The SMILES string of the molecule is CCOC(=O)c1cn(CN(C)Cc2ccc(Br)s2)nc1C. The van der Waals surface area contributed by atoms with Crippen LogP contribution in [0.2, 0.25) is 0 Å². The quantitative estimate of drug-likeness (QED) is 0.731. The Morgan fingerprint density at radius 3 is 2.90 bits per heavy atom. The van der Waals surface area contributed by atoms with Gasteiger partial charge in [-0.1, -0.05) is 0 Å². The Morgan fingerprint density at radius 1 is 1.52 bits per heavy atom. The van der Waals surface area contributed by atoms with Crippen LogP contribution in [-0.2, 0) is 18.0 Å². The van der Waals surface area contributed by atoms with E-state index in [-0.39, 0.29) is 5.97 Å². The summed E-state index contributed by atoms with van der Waals surface area (Å²) in [6.07, 6.45) is 1.74. The van der Waals surface area contributed by atoms with Gasteiger partial charge in [-0.05, 0) is 49.0 Å². The second-order valence-corrected chi connectivity index (χ2v) is 7.30. The average molecular weight is 372 g/mol. The van der Waals surface area contributed by atoms with Crippen molar-refractivity contribution in [3.8, 4) is 0 Å². The highest BCUT2D eigenvalue weighted by Crippen LogP contribution is 2.23. The molecule has 0 N–H and O–H groups in total. The van der Waals surface area contributed by atoms with Crippen LogP contribution in [0.4, 0.5) is 0 Å². The summed E-state index contributed by atoms with van der Waals surface area (Å²) in [4.78, 5) is 15.2. The van der Waals surface area contributed by atoms with Gasteiger partial charge in [0, 0.05) is 17.6 Å². The molecule has 2 heterocycles. The average Bonchev–Trinajstić information content (AvgIpc) is 2.96. The number of carbonyl (C=O) groups excluding carboxylic acids is 1. The molecule has 114 valence electrons. The van der Waals surface area contributed by atoms with Crippen molar-refractivity contribution in [3.63, 3.8) is 0 Å². The predicted molar refractivity (Wildman–Crippen MR) is 86.4 cm³/mol. The molecule has 0 spiro atoms. The first-order chi connectivity index (χ1) is 9.99. The van der Waals surface area contributed by atoms with E-state index in [0.29, 0.717) is 24.5 Å². The number of halogens is 1. The van der Waals surface area contributed by atoms with Crippen LogP contribution in [0.3, 0.4) is 0 Å². The van der Waals surface area contributed by atoms with Gasteiger partial charge >= 0.3 is 5.97 Å². The van der Waals surface area contributed by atoms with E-state index >= 15 is 0 Å². The second-order valence-electron chi connectivity index (χ2n) is 4.75. The van der Waals surface area contributed by atoms with Crippen molar-refractivity contribution in [1.82, 2.24) is 14.7 Å². The Morgan fingerprint density at radius 2 is 2.29 bits per heavy atom. The molecule has 0 aliphatic rings. The number of nitrogens with zero attached hydrogens (tertiary/aromatic N) is 3. The molecule has 0 amide bonds. The Hall–Kier alpha value is -1.18. The van der Waals surface area contributed by atoms with Crippen LogP contribution in [0.15, 0.2) is 22.1 Å². The highest BCUT2D eigenvalue weighted by Gasteiger charge is 2.15. The summed E-state index contributed by atoms with van der Waals surface area (Å²) in [6, 6.07) is 4.15. The zero-order chi connectivity index (χ0) is 15.4. The molecule has 0 aliphatic heterocycles. The van der Waals surface area contributed by atoms with Crippen molar-refractivity contribution in [2.24, 2.45) is 0 Å². The molecule has 0 radical (unpaired) electrons. The van der Waals surface area contributed by atoms with E-state index in [9.17, 15) is 4.79 Å². The summed E-state index contributed by atoms with van der Waals surface area (Å²) in [5, 5.41) is 4.37. The minimum atomic E-state index is -0.314. The van der Waals surface area contributed by atoms with Crippen LogP contribution in [0.5, 0.6) is 0 Å². The normalized spacial score (nSPS) is 11.1. The van der Waals surface area contributed by atoms with E-state index in [1.165, 1.54) is 4.88 Å². The van der Waals surface area contributed by atoms with Crippen molar-refractivity contribution in [2.75, 3.05) is 13.7 Å². The van der Waals surface area contributed by atoms with Gasteiger partial charge in [0.2, 0.25) is 0 Å². The predicted octanol–water partition coefficient (Wildman–Crippen LogP) is 3.28. The van der Waals surface area contributed by atoms with Crippen LogP contribution in [0.1, 0.15) is 27.9 Å².